The normalized spacial score (nSPS) is 45.0. The lowest BCUT2D eigenvalue weighted by molar-refractivity contribution is -0.157. The van der Waals surface area contributed by atoms with Gasteiger partial charge in [-0.25, -0.2) is 0 Å². The predicted octanol–water partition coefficient (Wildman–Crippen LogP) is 5.17. The highest BCUT2D eigenvalue weighted by Crippen LogP contribution is 2.70. The van der Waals surface area contributed by atoms with Crippen LogP contribution in [0.5, 0.6) is 0 Å². The molecule has 132 valence electrons. The first-order valence-corrected chi connectivity index (χ1v) is 9.88. The Hall–Kier alpha value is -0.530. The molecule has 0 spiro atoms. The van der Waals surface area contributed by atoms with Gasteiger partial charge in [-0.2, -0.15) is 0 Å². The highest BCUT2D eigenvalue weighted by Gasteiger charge is 2.66. The molecule has 2 heteroatoms. The SMILES string of the molecule is COC(=O)C1(C)CC2CC1C1C(CCC(C)C)CC(C(C)C)C21. The summed E-state index contributed by atoms with van der Waals surface area (Å²) in [5.41, 5.74) is -0.206. The van der Waals surface area contributed by atoms with E-state index in [1.54, 1.807) is 7.11 Å². The molecule has 0 aliphatic heterocycles. The quantitative estimate of drug-likeness (QED) is 0.654. The largest absolute Gasteiger partial charge is 0.469 e. The third kappa shape index (κ3) is 2.65. The topological polar surface area (TPSA) is 26.3 Å². The van der Waals surface area contributed by atoms with Gasteiger partial charge in [0, 0.05) is 0 Å². The van der Waals surface area contributed by atoms with Crippen molar-refractivity contribution in [3.63, 3.8) is 0 Å². The predicted molar refractivity (Wildman–Crippen MR) is 93.8 cm³/mol. The van der Waals surface area contributed by atoms with Gasteiger partial charge in [-0.15, -0.1) is 0 Å². The number of esters is 1. The second-order valence-electron chi connectivity index (χ2n) is 9.74. The van der Waals surface area contributed by atoms with E-state index in [1.165, 1.54) is 25.7 Å². The van der Waals surface area contributed by atoms with E-state index in [1.807, 2.05) is 0 Å². The first kappa shape index (κ1) is 17.3. The van der Waals surface area contributed by atoms with E-state index in [4.69, 9.17) is 4.74 Å². The minimum atomic E-state index is -0.206. The van der Waals surface area contributed by atoms with Crippen LogP contribution < -0.4 is 0 Å². The Kier molecular flexibility index (Phi) is 4.57. The molecule has 2 nitrogen and oxygen atoms in total. The molecule has 3 aliphatic carbocycles. The number of carbonyl (C=O) groups is 1. The van der Waals surface area contributed by atoms with Crippen molar-refractivity contribution in [1.29, 1.82) is 0 Å². The first-order chi connectivity index (χ1) is 10.8. The molecule has 0 amide bonds. The molecule has 23 heavy (non-hydrogen) atoms. The lowest BCUT2D eigenvalue weighted by Gasteiger charge is -2.41. The summed E-state index contributed by atoms with van der Waals surface area (Å²) < 4.78 is 5.21. The molecule has 0 heterocycles. The lowest BCUT2D eigenvalue weighted by Crippen LogP contribution is -2.42. The van der Waals surface area contributed by atoms with Gasteiger partial charge < -0.3 is 4.74 Å². The Bertz CT molecular complexity index is 455. The highest BCUT2D eigenvalue weighted by atomic mass is 16.5. The van der Waals surface area contributed by atoms with Crippen LogP contribution in [-0.2, 0) is 9.53 Å². The van der Waals surface area contributed by atoms with E-state index in [-0.39, 0.29) is 11.4 Å². The maximum atomic E-state index is 12.5. The van der Waals surface area contributed by atoms with Crippen molar-refractivity contribution in [2.75, 3.05) is 7.11 Å². The van der Waals surface area contributed by atoms with Crippen molar-refractivity contribution in [3.05, 3.63) is 0 Å². The van der Waals surface area contributed by atoms with Gasteiger partial charge in [0.1, 0.15) is 0 Å². The fourth-order valence-electron chi connectivity index (χ4n) is 6.81. The van der Waals surface area contributed by atoms with E-state index in [2.05, 4.69) is 34.6 Å². The van der Waals surface area contributed by atoms with E-state index >= 15 is 0 Å². The molecular weight excluding hydrogens is 284 g/mol. The summed E-state index contributed by atoms with van der Waals surface area (Å²) in [6.07, 6.45) is 6.46. The monoisotopic (exact) mass is 320 g/mol. The number of methoxy groups -OCH3 is 1. The third-order valence-corrected chi connectivity index (χ3v) is 7.75. The second kappa shape index (κ2) is 6.08. The number of ether oxygens (including phenoxy) is 1. The summed E-state index contributed by atoms with van der Waals surface area (Å²) in [5, 5.41) is 0. The summed E-state index contributed by atoms with van der Waals surface area (Å²) in [4.78, 5) is 12.5. The van der Waals surface area contributed by atoms with Crippen LogP contribution in [0.3, 0.4) is 0 Å². The first-order valence-electron chi connectivity index (χ1n) is 9.88. The van der Waals surface area contributed by atoms with Crippen LogP contribution in [0.1, 0.15) is 66.7 Å². The van der Waals surface area contributed by atoms with Crippen molar-refractivity contribution >= 4 is 5.97 Å². The molecule has 3 rings (SSSR count). The van der Waals surface area contributed by atoms with Crippen molar-refractivity contribution in [2.45, 2.75) is 66.7 Å². The van der Waals surface area contributed by atoms with Crippen LogP contribution in [0.15, 0.2) is 0 Å². The molecule has 0 aromatic heterocycles. The van der Waals surface area contributed by atoms with Gasteiger partial charge in [-0.1, -0.05) is 34.1 Å². The van der Waals surface area contributed by atoms with Gasteiger partial charge >= 0.3 is 5.97 Å². The second-order valence-corrected chi connectivity index (χ2v) is 9.74. The van der Waals surface area contributed by atoms with Crippen molar-refractivity contribution in [1.82, 2.24) is 0 Å². The number of hydrogen-bond donors (Lipinski definition) is 0. The Morgan fingerprint density at radius 1 is 1.17 bits per heavy atom. The van der Waals surface area contributed by atoms with E-state index in [0.717, 1.165) is 47.8 Å². The van der Waals surface area contributed by atoms with E-state index in [0.29, 0.717) is 5.92 Å². The number of hydrogen-bond acceptors (Lipinski definition) is 2. The van der Waals surface area contributed by atoms with Crippen LogP contribution in [0.2, 0.25) is 0 Å². The minimum Gasteiger partial charge on any atom is -0.469 e. The Morgan fingerprint density at radius 3 is 2.43 bits per heavy atom. The standard InChI is InChI=1S/C21H36O2/c1-12(2)7-8-14-9-16(13(3)4)18-15-10-17(19(14)18)21(5,11-15)20(22)23-6/h12-19H,7-11H2,1-6H3. The molecule has 0 aromatic rings. The third-order valence-electron chi connectivity index (χ3n) is 7.75. The summed E-state index contributed by atoms with van der Waals surface area (Å²) in [6.45, 7) is 11.7. The summed E-state index contributed by atoms with van der Waals surface area (Å²) in [6, 6.07) is 0. The molecule has 2 bridgehead atoms. The molecule has 0 N–H and O–H groups in total. The summed E-state index contributed by atoms with van der Waals surface area (Å²) in [5.74, 6) is 6.37. The van der Waals surface area contributed by atoms with Crippen molar-refractivity contribution < 1.29 is 9.53 Å². The number of fused-ring (bicyclic) bond motifs is 5. The average molecular weight is 321 g/mol. The maximum absolute atomic E-state index is 12.5. The Balaban J connectivity index is 1.85. The smallest absolute Gasteiger partial charge is 0.311 e. The Labute approximate surface area is 142 Å². The van der Waals surface area contributed by atoms with E-state index in [9.17, 15) is 4.79 Å². The molecule has 3 fully saturated rings. The van der Waals surface area contributed by atoms with Crippen molar-refractivity contribution in [3.8, 4) is 0 Å². The molecule has 0 saturated heterocycles. The van der Waals surface area contributed by atoms with Crippen LogP contribution in [-0.4, -0.2) is 13.1 Å². The minimum absolute atomic E-state index is 0.0547. The molecule has 0 radical (unpaired) electrons. The highest BCUT2D eigenvalue weighted by molar-refractivity contribution is 5.77. The van der Waals surface area contributed by atoms with Crippen LogP contribution in [0, 0.1) is 52.8 Å². The van der Waals surface area contributed by atoms with Crippen LogP contribution in [0.25, 0.3) is 0 Å². The molecule has 0 aromatic carbocycles. The fourth-order valence-corrected chi connectivity index (χ4v) is 6.81. The van der Waals surface area contributed by atoms with Gasteiger partial charge in [0.05, 0.1) is 12.5 Å². The lowest BCUT2D eigenvalue weighted by atomic mass is 9.63. The molecular formula is C21H36O2. The van der Waals surface area contributed by atoms with E-state index < -0.39 is 0 Å². The zero-order valence-corrected chi connectivity index (χ0v) is 16.0. The maximum Gasteiger partial charge on any atom is 0.311 e. The van der Waals surface area contributed by atoms with Gasteiger partial charge in [-0.3, -0.25) is 4.79 Å². The van der Waals surface area contributed by atoms with Gasteiger partial charge in [-0.05, 0) is 80.0 Å². The molecule has 3 saturated carbocycles. The zero-order valence-electron chi connectivity index (χ0n) is 16.0. The van der Waals surface area contributed by atoms with Crippen molar-refractivity contribution in [2.24, 2.45) is 52.8 Å². The molecule has 7 unspecified atom stereocenters. The summed E-state index contributed by atoms with van der Waals surface area (Å²) in [7, 11) is 1.57. The van der Waals surface area contributed by atoms with Crippen LogP contribution in [0.4, 0.5) is 0 Å². The van der Waals surface area contributed by atoms with Gasteiger partial charge in [0.25, 0.3) is 0 Å². The fraction of sp³-hybridized carbons (Fsp3) is 0.952. The number of rotatable bonds is 5. The number of carbonyl (C=O) groups excluding carboxylic acids is 1. The Morgan fingerprint density at radius 2 is 1.87 bits per heavy atom. The molecule has 7 atom stereocenters. The van der Waals surface area contributed by atoms with Gasteiger partial charge in [0.15, 0.2) is 0 Å². The van der Waals surface area contributed by atoms with Gasteiger partial charge in [0.2, 0.25) is 0 Å². The average Bonchev–Trinajstić information content (AvgIpc) is 3.12. The van der Waals surface area contributed by atoms with Crippen LogP contribution >= 0.6 is 0 Å². The molecule has 3 aliphatic rings. The summed E-state index contributed by atoms with van der Waals surface area (Å²) >= 11 is 0. The zero-order chi connectivity index (χ0) is 16.9.